The number of nitrogens with zero attached hydrogens (tertiary/aromatic N) is 2. The molecule has 1 fully saturated rings. The lowest BCUT2D eigenvalue weighted by Crippen LogP contribution is -2.54. The van der Waals surface area contributed by atoms with Gasteiger partial charge in [-0.3, -0.25) is 9.10 Å². The molecule has 25 heavy (non-hydrogen) atoms. The second kappa shape index (κ2) is 6.36. The molecule has 1 aromatic rings. The number of sulfonamides is 1. The van der Waals surface area contributed by atoms with Crippen molar-refractivity contribution in [2.75, 3.05) is 30.2 Å². The van der Waals surface area contributed by atoms with Crippen LogP contribution < -0.4 is 9.04 Å². The molecule has 0 radical (unpaired) electrons. The van der Waals surface area contributed by atoms with E-state index >= 15 is 0 Å². The Morgan fingerprint density at radius 1 is 1.36 bits per heavy atom. The van der Waals surface area contributed by atoms with Crippen LogP contribution in [-0.4, -0.2) is 51.2 Å². The fourth-order valence-electron chi connectivity index (χ4n) is 3.48. The molecule has 1 atom stereocenters. The molecule has 0 spiro atoms. The highest BCUT2D eigenvalue weighted by Gasteiger charge is 2.39. The summed E-state index contributed by atoms with van der Waals surface area (Å²) in [6.45, 7) is 5.55. The van der Waals surface area contributed by atoms with Gasteiger partial charge in [0.2, 0.25) is 10.0 Å². The van der Waals surface area contributed by atoms with Gasteiger partial charge in [-0.15, -0.1) is 0 Å². The highest BCUT2D eigenvalue weighted by Crippen LogP contribution is 2.38. The third-order valence-electron chi connectivity index (χ3n) is 4.68. The predicted octanol–water partition coefficient (Wildman–Crippen LogP) is 2.52. The number of fused-ring (bicyclic) bond motifs is 1. The van der Waals surface area contributed by atoms with Gasteiger partial charge in [-0.05, 0) is 36.5 Å². The zero-order valence-electron chi connectivity index (χ0n) is 14.7. The Bertz CT molecular complexity index is 794. The van der Waals surface area contributed by atoms with Crippen molar-refractivity contribution in [1.29, 1.82) is 0 Å². The van der Waals surface area contributed by atoms with E-state index in [1.54, 1.807) is 23.1 Å². The second-order valence-corrected chi connectivity index (χ2v) is 9.88. The van der Waals surface area contributed by atoms with E-state index in [0.717, 1.165) is 19.1 Å². The first-order valence-electron chi connectivity index (χ1n) is 8.30. The van der Waals surface area contributed by atoms with Crippen LogP contribution in [0, 0.1) is 5.41 Å². The SMILES string of the molecule is CC1(C)CCCN(C(=O)C2CN(S(C)(=O)=O)c3cc(Cl)ccc3O2)C1. The Morgan fingerprint density at radius 2 is 2.08 bits per heavy atom. The molecule has 0 N–H and O–H groups in total. The summed E-state index contributed by atoms with van der Waals surface area (Å²) in [6.07, 6.45) is 2.28. The Kier molecular flexibility index (Phi) is 4.66. The fraction of sp³-hybridized carbons (Fsp3) is 0.588. The lowest BCUT2D eigenvalue weighted by Gasteiger charge is -2.41. The molecular formula is C17H23ClN2O4S. The quantitative estimate of drug-likeness (QED) is 0.783. The zero-order valence-corrected chi connectivity index (χ0v) is 16.2. The van der Waals surface area contributed by atoms with Gasteiger partial charge in [0.15, 0.2) is 6.10 Å². The molecule has 3 rings (SSSR count). The van der Waals surface area contributed by atoms with Crippen molar-refractivity contribution in [2.24, 2.45) is 5.41 Å². The summed E-state index contributed by atoms with van der Waals surface area (Å²) in [5, 5.41) is 0.415. The highest BCUT2D eigenvalue weighted by molar-refractivity contribution is 7.92. The van der Waals surface area contributed by atoms with Gasteiger partial charge in [-0.25, -0.2) is 8.42 Å². The molecule has 0 bridgehead atoms. The summed E-state index contributed by atoms with van der Waals surface area (Å²) in [6, 6.07) is 4.77. The number of hydrogen-bond donors (Lipinski definition) is 0. The highest BCUT2D eigenvalue weighted by atomic mass is 35.5. The smallest absolute Gasteiger partial charge is 0.265 e. The number of ether oxygens (including phenoxy) is 1. The molecule has 0 aliphatic carbocycles. The largest absolute Gasteiger partial charge is 0.476 e. The average molecular weight is 387 g/mol. The maximum atomic E-state index is 12.9. The number of halogens is 1. The summed E-state index contributed by atoms with van der Waals surface area (Å²) >= 11 is 5.99. The topological polar surface area (TPSA) is 66.9 Å². The summed E-state index contributed by atoms with van der Waals surface area (Å²) in [7, 11) is -3.55. The first kappa shape index (κ1) is 18.3. The number of carbonyl (C=O) groups is 1. The fourth-order valence-corrected chi connectivity index (χ4v) is 4.55. The maximum absolute atomic E-state index is 12.9. The van der Waals surface area contributed by atoms with E-state index in [-0.39, 0.29) is 17.9 Å². The van der Waals surface area contributed by atoms with Crippen LogP contribution in [0.1, 0.15) is 26.7 Å². The van der Waals surface area contributed by atoms with E-state index < -0.39 is 16.1 Å². The molecule has 6 nitrogen and oxygen atoms in total. The molecule has 0 saturated carbocycles. The number of piperidine rings is 1. The number of rotatable bonds is 2. The van der Waals surface area contributed by atoms with Crippen molar-refractivity contribution < 1.29 is 17.9 Å². The van der Waals surface area contributed by atoms with Crippen LogP contribution in [-0.2, 0) is 14.8 Å². The van der Waals surface area contributed by atoms with Crippen LogP contribution in [0.15, 0.2) is 18.2 Å². The first-order chi connectivity index (χ1) is 11.6. The summed E-state index contributed by atoms with van der Waals surface area (Å²) < 4.78 is 31.5. The number of hydrogen-bond acceptors (Lipinski definition) is 4. The Hall–Kier alpha value is -1.47. The minimum absolute atomic E-state index is 0.0397. The van der Waals surface area contributed by atoms with Gasteiger partial charge in [0.05, 0.1) is 18.5 Å². The molecular weight excluding hydrogens is 364 g/mol. The Morgan fingerprint density at radius 3 is 2.72 bits per heavy atom. The van der Waals surface area contributed by atoms with Gasteiger partial charge in [0.25, 0.3) is 5.91 Å². The van der Waals surface area contributed by atoms with Crippen molar-refractivity contribution in [2.45, 2.75) is 32.8 Å². The number of carbonyl (C=O) groups excluding carboxylic acids is 1. The number of anilines is 1. The van der Waals surface area contributed by atoms with Crippen molar-refractivity contribution in [3.63, 3.8) is 0 Å². The number of likely N-dealkylation sites (tertiary alicyclic amines) is 1. The van der Waals surface area contributed by atoms with Crippen LogP contribution >= 0.6 is 11.6 Å². The van der Waals surface area contributed by atoms with Crippen LogP contribution in [0.5, 0.6) is 5.75 Å². The van der Waals surface area contributed by atoms with E-state index in [0.29, 0.717) is 29.5 Å². The first-order valence-corrected chi connectivity index (χ1v) is 10.5. The Labute approximate surface area is 153 Å². The molecule has 2 aliphatic heterocycles. The van der Waals surface area contributed by atoms with Gasteiger partial charge < -0.3 is 9.64 Å². The van der Waals surface area contributed by atoms with Crippen molar-refractivity contribution in [1.82, 2.24) is 4.90 Å². The molecule has 1 amide bonds. The van der Waals surface area contributed by atoms with Gasteiger partial charge in [-0.1, -0.05) is 25.4 Å². The van der Waals surface area contributed by atoms with Crippen LogP contribution in [0.3, 0.4) is 0 Å². The lowest BCUT2D eigenvalue weighted by atomic mass is 9.84. The van der Waals surface area contributed by atoms with Gasteiger partial charge in [-0.2, -0.15) is 0 Å². The minimum Gasteiger partial charge on any atom is -0.476 e. The van der Waals surface area contributed by atoms with Crippen molar-refractivity contribution in [3.8, 4) is 5.75 Å². The summed E-state index contributed by atoms with van der Waals surface area (Å²) in [4.78, 5) is 14.7. The third kappa shape index (κ3) is 3.87. The maximum Gasteiger partial charge on any atom is 0.265 e. The summed E-state index contributed by atoms with van der Waals surface area (Å²) in [5.41, 5.74) is 0.433. The third-order valence-corrected chi connectivity index (χ3v) is 6.06. The van der Waals surface area contributed by atoms with Crippen LogP contribution in [0.4, 0.5) is 5.69 Å². The molecule has 8 heteroatoms. The molecule has 2 heterocycles. The van der Waals surface area contributed by atoms with E-state index in [1.165, 1.54) is 4.31 Å². The number of amides is 1. The lowest BCUT2D eigenvalue weighted by molar-refractivity contribution is -0.141. The van der Waals surface area contributed by atoms with Crippen LogP contribution in [0.2, 0.25) is 5.02 Å². The standard InChI is InChI=1S/C17H23ClN2O4S/c1-17(2)7-4-8-19(11-17)16(21)15-10-20(25(3,22)23)13-9-12(18)5-6-14(13)24-15/h5-6,9,15H,4,7-8,10-11H2,1-3H3. The Balaban J connectivity index is 1.89. The van der Waals surface area contributed by atoms with E-state index in [2.05, 4.69) is 13.8 Å². The molecule has 0 aromatic heterocycles. The van der Waals surface area contributed by atoms with Gasteiger partial charge in [0, 0.05) is 18.1 Å². The van der Waals surface area contributed by atoms with E-state index in [9.17, 15) is 13.2 Å². The van der Waals surface area contributed by atoms with Crippen molar-refractivity contribution >= 4 is 33.2 Å². The zero-order chi connectivity index (χ0) is 18.4. The van der Waals surface area contributed by atoms with Crippen LogP contribution in [0.25, 0.3) is 0 Å². The normalized spacial score (nSPS) is 23.0. The molecule has 1 saturated heterocycles. The molecule has 1 aromatic carbocycles. The summed E-state index contributed by atoms with van der Waals surface area (Å²) in [5.74, 6) is 0.192. The average Bonchev–Trinajstić information content (AvgIpc) is 2.51. The minimum atomic E-state index is -3.55. The van der Waals surface area contributed by atoms with E-state index in [4.69, 9.17) is 16.3 Å². The molecule has 2 aliphatic rings. The van der Waals surface area contributed by atoms with Gasteiger partial charge in [0.1, 0.15) is 5.75 Å². The molecule has 138 valence electrons. The van der Waals surface area contributed by atoms with E-state index in [1.807, 2.05) is 0 Å². The second-order valence-electron chi connectivity index (χ2n) is 7.54. The van der Waals surface area contributed by atoms with Gasteiger partial charge >= 0.3 is 0 Å². The van der Waals surface area contributed by atoms with Crippen molar-refractivity contribution in [3.05, 3.63) is 23.2 Å². The monoisotopic (exact) mass is 386 g/mol. The molecule has 1 unspecified atom stereocenters. The predicted molar refractivity (Wildman–Crippen MR) is 97.7 cm³/mol. The number of benzene rings is 1.